The van der Waals surface area contributed by atoms with Gasteiger partial charge in [-0.15, -0.1) is 0 Å². The van der Waals surface area contributed by atoms with Crippen LogP contribution < -0.4 is 4.74 Å². The first-order chi connectivity index (χ1) is 17.5. The van der Waals surface area contributed by atoms with Crippen molar-refractivity contribution in [1.29, 1.82) is 21.2 Å². The maximum Gasteiger partial charge on any atom is 0.218 e. The Balaban J connectivity index is 1.47. The van der Waals surface area contributed by atoms with E-state index in [4.69, 9.17) is 29.1 Å². The minimum absolute atomic E-state index is 0.178. The average molecular weight is 482 g/mol. The van der Waals surface area contributed by atoms with Crippen LogP contribution >= 0.6 is 0 Å². The third-order valence-electron chi connectivity index (χ3n) is 7.87. The van der Waals surface area contributed by atoms with Crippen molar-refractivity contribution in [2.45, 2.75) is 36.9 Å². The van der Waals surface area contributed by atoms with E-state index in [9.17, 15) is 15.8 Å². The predicted octanol–water partition coefficient (Wildman–Crippen LogP) is 4.34. The van der Waals surface area contributed by atoms with Gasteiger partial charge < -0.3 is 23.7 Å². The van der Waals surface area contributed by atoms with Gasteiger partial charge in [0.25, 0.3) is 0 Å². The van der Waals surface area contributed by atoms with E-state index in [1.165, 1.54) is 0 Å². The van der Waals surface area contributed by atoms with E-state index in [0.717, 1.165) is 0 Å². The monoisotopic (exact) mass is 482 g/mol. The quantitative estimate of drug-likeness (QED) is 0.681. The maximum absolute atomic E-state index is 10.6. The maximum atomic E-state index is 10.6. The molecular weight excluding hydrogens is 460 g/mol. The molecule has 4 unspecified atom stereocenters. The lowest BCUT2D eigenvalue weighted by Gasteiger charge is -2.54. The zero-order valence-electron chi connectivity index (χ0n) is 19.3. The summed E-state index contributed by atoms with van der Waals surface area (Å²) in [6.45, 7) is 0.827. The SMILES string of the molecule is N#CC1(C#N)C(c2cccc(Oc3ccccc3)c2)OC23CCC4(CC2C1(C#N)C(=N)O3)OCCO4. The van der Waals surface area contributed by atoms with Gasteiger partial charge in [0.2, 0.25) is 17.1 Å². The van der Waals surface area contributed by atoms with Crippen LogP contribution in [0.5, 0.6) is 11.5 Å². The van der Waals surface area contributed by atoms with E-state index >= 15 is 0 Å². The number of benzene rings is 2. The molecule has 2 bridgehead atoms. The summed E-state index contributed by atoms with van der Waals surface area (Å²) < 4.78 is 30.3. The molecule has 0 aromatic heterocycles. The summed E-state index contributed by atoms with van der Waals surface area (Å²) in [5, 5.41) is 40.3. The minimum atomic E-state index is -2.06. The summed E-state index contributed by atoms with van der Waals surface area (Å²) in [7, 11) is 0. The molecule has 4 fully saturated rings. The third kappa shape index (κ3) is 2.81. The van der Waals surface area contributed by atoms with Crippen molar-refractivity contribution < 1.29 is 23.7 Å². The van der Waals surface area contributed by atoms with Crippen molar-refractivity contribution in [3.63, 3.8) is 0 Å². The van der Waals surface area contributed by atoms with Gasteiger partial charge in [-0.2, -0.15) is 15.8 Å². The number of nitrogens with one attached hydrogen (secondary N) is 1. The molecule has 0 radical (unpaired) electrons. The Hall–Kier alpha value is -3.94. The standard InChI is InChI=1S/C27H22N4O5/c28-15-24(16-29)22(18-5-4-8-20(13-18)34-19-6-2-1-3-7-19)35-27-10-9-25(32-11-12-33-25)14-21(27)26(24,17-30)23(31)36-27/h1-8,13,21-22,31H,9-12,14H2. The second-order valence-corrected chi connectivity index (χ2v) is 9.54. The van der Waals surface area contributed by atoms with E-state index in [1.54, 1.807) is 24.3 Å². The van der Waals surface area contributed by atoms with Crippen molar-refractivity contribution >= 4 is 5.90 Å². The molecule has 3 heterocycles. The van der Waals surface area contributed by atoms with Crippen LogP contribution in [0.3, 0.4) is 0 Å². The zero-order valence-corrected chi connectivity index (χ0v) is 19.3. The molecule has 4 aliphatic rings. The van der Waals surface area contributed by atoms with E-state index in [1.807, 2.05) is 30.3 Å². The first kappa shape index (κ1) is 22.5. The van der Waals surface area contributed by atoms with Crippen LogP contribution in [0, 0.1) is 56.2 Å². The normalized spacial score (nSPS) is 33.0. The van der Waals surface area contributed by atoms with Crippen LogP contribution in [0.15, 0.2) is 54.6 Å². The summed E-state index contributed by atoms with van der Waals surface area (Å²) in [5.74, 6) is -2.42. The van der Waals surface area contributed by atoms with E-state index in [-0.39, 0.29) is 12.8 Å². The molecule has 180 valence electrons. The van der Waals surface area contributed by atoms with Crippen molar-refractivity contribution in [3.05, 3.63) is 60.2 Å². The van der Waals surface area contributed by atoms with Gasteiger partial charge in [0.1, 0.15) is 17.6 Å². The Morgan fingerprint density at radius 3 is 2.31 bits per heavy atom. The Kier molecular flexibility index (Phi) is 4.87. The fourth-order valence-electron chi connectivity index (χ4n) is 6.22. The number of rotatable bonds is 3. The Labute approximate surface area is 207 Å². The Morgan fingerprint density at radius 2 is 1.61 bits per heavy atom. The lowest BCUT2D eigenvalue weighted by atomic mass is 9.51. The summed E-state index contributed by atoms with van der Waals surface area (Å²) in [5.41, 5.74) is -3.46. The van der Waals surface area contributed by atoms with Crippen LogP contribution in [-0.2, 0) is 18.9 Å². The van der Waals surface area contributed by atoms with Gasteiger partial charge in [-0.05, 0) is 29.8 Å². The fraction of sp³-hybridized carbons (Fsp3) is 0.407. The van der Waals surface area contributed by atoms with Gasteiger partial charge in [0.05, 0.1) is 37.3 Å². The molecule has 1 N–H and O–H groups in total. The third-order valence-corrected chi connectivity index (χ3v) is 7.87. The highest BCUT2D eigenvalue weighted by atomic mass is 16.7. The molecule has 36 heavy (non-hydrogen) atoms. The summed E-state index contributed by atoms with van der Waals surface area (Å²) in [6.07, 6.45) is -0.260. The second kappa shape index (κ2) is 7.78. The Bertz CT molecular complexity index is 1340. The van der Waals surface area contributed by atoms with E-state index in [0.29, 0.717) is 36.7 Å². The molecule has 3 saturated heterocycles. The molecule has 0 amide bonds. The molecule has 1 spiro atoms. The number of hydrogen-bond acceptors (Lipinski definition) is 9. The van der Waals surface area contributed by atoms with Crippen LogP contribution in [0.25, 0.3) is 0 Å². The Morgan fingerprint density at radius 1 is 0.889 bits per heavy atom. The van der Waals surface area contributed by atoms with Gasteiger partial charge >= 0.3 is 0 Å². The van der Waals surface area contributed by atoms with Crippen molar-refractivity contribution in [1.82, 2.24) is 0 Å². The van der Waals surface area contributed by atoms with Gasteiger partial charge in [-0.3, -0.25) is 5.41 Å². The molecule has 6 rings (SSSR count). The summed E-state index contributed by atoms with van der Waals surface area (Å²) in [6, 6.07) is 22.5. The molecule has 1 aliphatic carbocycles. The molecule has 9 nitrogen and oxygen atoms in total. The first-order valence-electron chi connectivity index (χ1n) is 11.8. The minimum Gasteiger partial charge on any atom is -0.457 e. The van der Waals surface area contributed by atoms with Gasteiger partial charge in [-0.1, -0.05) is 30.3 Å². The van der Waals surface area contributed by atoms with Gasteiger partial charge in [-0.25, -0.2) is 0 Å². The molecule has 2 aromatic rings. The lowest BCUT2D eigenvalue weighted by molar-refractivity contribution is -0.330. The van der Waals surface area contributed by atoms with Crippen LogP contribution in [0.4, 0.5) is 0 Å². The van der Waals surface area contributed by atoms with Gasteiger partial charge in [0, 0.05) is 19.3 Å². The average Bonchev–Trinajstić information content (AvgIpc) is 3.44. The number of nitriles is 3. The van der Waals surface area contributed by atoms with Crippen LogP contribution in [-0.4, -0.2) is 30.7 Å². The molecule has 4 atom stereocenters. The summed E-state index contributed by atoms with van der Waals surface area (Å²) >= 11 is 0. The second-order valence-electron chi connectivity index (χ2n) is 9.54. The van der Waals surface area contributed by atoms with Crippen molar-refractivity contribution in [3.8, 4) is 29.7 Å². The highest BCUT2D eigenvalue weighted by Crippen LogP contribution is 2.70. The fourth-order valence-corrected chi connectivity index (χ4v) is 6.22. The highest BCUT2D eigenvalue weighted by Gasteiger charge is 2.82. The molecule has 3 aliphatic heterocycles. The highest BCUT2D eigenvalue weighted by molar-refractivity contribution is 5.89. The van der Waals surface area contributed by atoms with E-state index < -0.39 is 40.3 Å². The largest absolute Gasteiger partial charge is 0.457 e. The number of hydrogen-bond donors (Lipinski definition) is 1. The van der Waals surface area contributed by atoms with Crippen LogP contribution in [0.2, 0.25) is 0 Å². The smallest absolute Gasteiger partial charge is 0.218 e. The van der Waals surface area contributed by atoms with E-state index in [2.05, 4.69) is 18.2 Å². The topological polar surface area (TPSA) is 141 Å². The molecule has 9 heteroatoms. The van der Waals surface area contributed by atoms with Gasteiger partial charge in [0.15, 0.2) is 11.2 Å². The molecule has 2 aromatic carbocycles. The summed E-state index contributed by atoms with van der Waals surface area (Å²) in [4.78, 5) is 0. The number of para-hydroxylation sites is 1. The van der Waals surface area contributed by atoms with Crippen molar-refractivity contribution in [2.75, 3.05) is 13.2 Å². The predicted molar refractivity (Wildman–Crippen MR) is 122 cm³/mol. The number of nitrogens with zero attached hydrogens (tertiary/aromatic N) is 3. The first-order valence-corrected chi connectivity index (χ1v) is 11.8. The molecular formula is C27H22N4O5. The van der Waals surface area contributed by atoms with Crippen LogP contribution in [0.1, 0.15) is 30.9 Å². The molecule has 1 saturated carbocycles. The number of ether oxygens (including phenoxy) is 5. The lowest BCUT2D eigenvalue weighted by Crippen LogP contribution is -2.63. The van der Waals surface area contributed by atoms with Crippen molar-refractivity contribution in [2.24, 2.45) is 16.7 Å². The zero-order chi connectivity index (χ0) is 25.0.